The molecule has 2 heterocycles. The van der Waals surface area contributed by atoms with Gasteiger partial charge < -0.3 is 9.15 Å². The van der Waals surface area contributed by atoms with E-state index in [9.17, 15) is 4.79 Å². The third-order valence-electron chi connectivity index (χ3n) is 4.28. The minimum atomic E-state index is -0.0362. The molecule has 152 valence electrons. The van der Waals surface area contributed by atoms with Crippen LogP contribution in [-0.2, 0) is 0 Å². The van der Waals surface area contributed by atoms with Gasteiger partial charge in [-0.25, -0.2) is 0 Å². The van der Waals surface area contributed by atoms with Gasteiger partial charge in [0.25, 0.3) is 0 Å². The minimum absolute atomic E-state index is 0.0362. The lowest BCUT2D eigenvalue weighted by atomic mass is 10.1. The number of Topliss-reactive ketones (excluding diaryl/α,β-unsaturated/α-hetero) is 1. The SMILES string of the molecule is COc1ccc(C(=O)CSc2nnc(-c3ccco3)n2-c2ccc(Cl)c(Cl)c2)cc1. The number of rotatable bonds is 7. The Morgan fingerprint density at radius 3 is 2.57 bits per heavy atom. The summed E-state index contributed by atoms with van der Waals surface area (Å²) in [4.78, 5) is 12.6. The Labute approximate surface area is 186 Å². The summed E-state index contributed by atoms with van der Waals surface area (Å²) in [6.07, 6.45) is 1.56. The van der Waals surface area contributed by atoms with Crippen LogP contribution >= 0.6 is 35.0 Å². The lowest BCUT2D eigenvalue weighted by molar-refractivity contribution is 0.102. The van der Waals surface area contributed by atoms with E-state index in [0.717, 1.165) is 0 Å². The van der Waals surface area contributed by atoms with Crippen molar-refractivity contribution >= 4 is 40.7 Å². The number of benzene rings is 2. The van der Waals surface area contributed by atoms with Crippen LogP contribution in [0.2, 0.25) is 10.0 Å². The van der Waals surface area contributed by atoms with Gasteiger partial charge in [0.1, 0.15) is 5.75 Å². The van der Waals surface area contributed by atoms with E-state index in [4.69, 9.17) is 32.4 Å². The van der Waals surface area contributed by atoms with Crippen molar-refractivity contribution in [3.05, 3.63) is 76.5 Å². The fourth-order valence-electron chi connectivity index (χ4n) is 2.78. The van der Waals surface area contributed by atoms with Gasteiger partial charge in [0.05, 0.1) is 34.9 Å². The number of ketones is 1. The molecule has 9 heteroatoms. The first-order chi connectivity index (χ1) is 14.6. The summed E-state index contributed by atoms with van der Waals surface area (Å²) in [6, 6.07) is 15.8. The van der Waals surface area contributed by atoms with Gasteiger partial charge in [-0.2, -0.15) is 0 Å². The average molecular weight is 460 g/mol. The normalized spacial score (nSPS) is 10.9. The smallest absolute Gasteiger partial charge is 0.205 e. The average Bonchev–Trinajstić information content (AvgIpc) is 3.43. The summed E-state index contributed by atoms with van der Waals surface area (Å²) in [5.41, 5.74) is 1.30. The Morgan fingerprint density at radius 1 is 1.10 bits per heavy atom. The van der Waals surface area contributed by atoms with Gasteiger partial charge in [-0.3, -0.25) is 9.36 Å². The first-order valence-electron chi connectivity index (χ1n) is 8.81. The number of carbonyl (C=O) groups excluding carboxylic acids is 1. The van der Waals surface area contributed by atoms with Crippen molar-refractivity contribution in [2.75, 3.05) is 12.9 Å². The highest BCUT2D eigenvalue weighted by Gasteiger charge is 2.20. The maximum atomic E-state index is 12.6. The molecule has 0 aliphatic carbocycles. The zero-order valence-electron chi connectivity index (χ0n) is 15.7. The Balaban J connectivity index is 1.64. The molecule has 4 aromatic rings. The molecule has 0 saturated carbocycles. The first kappa shape index (κ1) is 20.5. The van der Waals surface area contributed by atoms with E-state index in [1.165, 1.54) is 11.8 Å². The Bertz CT molecular complexity index is 1170. The van der Waals surface area contributed by atoms with Crippen molar-refractivity contribution in [1.82, 2.24) is 14.8 Å². The van der Waals surface area contributed by atoms with Crippen molar-refractivity contribution in [3.8, 4) is 23.0 Å². The molecule has 0 spiro atoms. The number of halogens is 2. The molecule has 0 saturated heterocycles. The molecule has 0 N–H and O–H groups in total. The second-order valence-electron chi connectivity index (χ2n) is 6.16. The van der Waals surface area contributed by atoms with Crippen LogP contribution in [0.3, 0.4) is 0 Å². The van der Waals surface area contributed by atoms with Crippen molar-refractivity contribution in [3.63, 3.8) is 0 Å². The zero-order valence-corrected chi connectivity index (χ0v) is 18.0. The number of methoxy groups -OCH3 is 1. The summed E-state index contributed by atoms with van der Waals surface area (Å²) < 4.78 is 12.4. The van der Waals surface area contributed by atoms with E-state index < -0.39 is 0 Å². The zero-order chi connectivity index (χ0) is 21.1. The minimum Gasteiger partial charge on any atom is -0.497 e. The van der Waals surface area contributed by atoms with Gasteiger partial charge >= 0.3 is 0 Å². The molecule has 2 aromatic heterocycles. The quantitative estimate of drug-likeness (QED) is 0.256. The van der Waals surface area contributed by atoms with Gasteiger partial charge in [-0.15, -0.1) is 10.2 Å². The third kappa shape index (κ3) is 4.23. The highest BCUT2D eigenvalue weighted by molar-refractivity contribution is 7.99. The van der Waals surface area contributed by atoms with Gasteiger partial charge in [-0.1, -0.05) is 35.0 Å². The van der Waals surface area contributed by atoms with E-state index >= 15 is 0 Å². The van der Waals surface area contributed by atoms with Crippen LogP contribution in [0.15, 0.2) is 70.4 Å². The number of ether oxygens (including phenoxy) is 1. The monoisotopic (exact) mass is 459 g/mol. The van der Waals surface area contributed by atoms with Crippen molar-refractivity contribution < 1.29 is 13.9 Å². The maximum absolute atomic E-state index is 12.6. The van der Waals surface area contributed by atoms with Crippen molar-refractivity contribution in [2.24, 2.45) is 0 Å². The van der Waals surface area contributed by atoms with E-state index in [-0.39, 0.29) is 11.5 Å². The molecule has 0 bridgehead atoms. The fraction of sp³-hybridized carbons (Fsp3) is 0.0952. The van der Waals surface area contributed by atoms with Crippen molar-refractivity contribution in [2.45, 2.75) is 5.16 Å². The molecule has 0 atom stereocenters. The van der Waals surface area contributed by atoms with Crippen LogP contribution in [0.1, 0.15) is 10.4 Å². The van der Waals surface area contributed by atoms with Crippen molar-refractivity contribution in [1.29, 1.82) is 0 Å². The van der Waals surface area contributed by atoms with Crippen LogP contribution in [-0.4, -0.2) is 33.4 Å². The number of hydrogen-bond donors (Lipinski definition) is 0. The summed E-state index contributed by atoms with van der Waals surface area (Å²) in [5.74, 6) is 1.89. The van der Waals surface area contributed by atoms with Gasteiger partial charge in [0.15, 0.2) is 16.7 Å². The second kappa shape index (κ2) is 8.95. The molecule has 6 nitrogen and oxygen atoms in total. The van der Waals surface area contributed by atoms with Crippen LogP contribution in [0, 0.1) is 0 Å². The Hall–Kier alpha value is -2.74. The summed E-state index contributed by atoms with van der Waals surface area (Å²) in [7, 11) is 1.58. The topological polar surface area (TPSA) is 70.2 Å². The number of thioether (sulfide) groups is 1. The molecule has 0 fully saturated rings. The van der Waals surface area contributed by atoms with E-state index in [0.29, 0.717) is 43.8 Å². The molecule has 0 aliphatic heterocycles. The lowest BCUT2D eigenvalue weighted by Gasteiger charge is -2.10. The molecule has 0 aliphatic rings. The van der Waals surface area contributed by atoms with E-state index in [2.05, 4.69) is 10.2 Å². The van der Waals surface area contributed by atoms with Crippen LogP contribution in [0.4, 0.5) is 0 Å². The molecular formula is C21H15Cl2N3O3S. The molecule has 0 unspecified atom stereocenters. The number of furan rings is 1. The van der Waals surface area contributed by atoms with E-state index in [1.54, 1.807) is 72.5 Å². The Kier molecular flexibility index (Phi) is 6.13. The fourth-order valence-corrected chi connectivity index (χ4v) is 3.91. The third-order valence-corrected chi connectivity index (χ3v) is 5.95. The standard InChI is InChI=1S/C21H15Cl2N3O3S/c1-28-15-7-4-13(5-8-15)18(27)12-30-21-25-24-20(19-3-2-10-29-19)26(21)14-6-9-16(22)17(23)11-14/h2-11H,12H2,1H3. The highest BCUT2D eigenvalue weighted by Crippen LogP contribution is 2.31. The number of nitrogens with zero attached hydrogens (tertiary/aromatic N) is 3. The van der Waals surface area contributed by atoms with E-state index in [1.807, 2.05) is 0 Å². The number of carbonyl (C=O) groups is 1. The van der Waals surface area contributed by atoms with Gasteiger partial charge in [0.2, 0.25) is 5.82 Å². The number of aromatic nitrogens is 3. The molecule has 0 radical (unpaired) electrons. The van der Waals surface area contributed by atoms with Crippen LogP contribution in [0.5, 0.6) is 5.75 Å². The van der Waals surface area contributed by atoms with Crippen LogP contribution < -0.4 is 4.74 Å². The largest absolute Gasteiger partial charge is 0.497 e. The van der Waals surface area contributed by atoms with Gasteiger partial charge in [0, 0.05) is 5.56 Å². The molecule has 4 rings (SSSR count). The molecule has 2 aromatic carbocycles. The highest BCUT2D eigenvalue weighted by atomic mass is 35.5. The molecule has 0 amide bonds. The second-order valence-corrected chi connectivity index (χ2v) is 7.91. The van der Waals surface area contributed by atoms with Crippen LogP contribution in [0.25, 0.3) is 17.3 Å². The summed E-state index contributed by atoms with van der Waals surface area (Å²) in [6.45, 7) is 0. The Morgan fingerprint density at radius 2 is 1.90 bits per heavy atom. The number of hydrogen-bond acceptors (Lipinski definition) is 6. The predicted octanol–water partition coefficient (Wildman–Crippen LogP) is 5.82. The maximum Gasteiger partial charge on any atom is 0.205 e. The summed E-state index contributed by atoms with van der Waals surface area (Å²) in [5, 5.41) is 9.89. The van der Waals surface area contributed by atoms with Gasteiger partial charge in [-0.05, 0) is 54.6 Å². The summed E-state index contributed by atoms with van der Waals surface area (Å²) >= 11 is 13.5. The lowest BCUT2D eigenvalue weighted by Crippen LogP contribution is -2.05. The molecule has 30 heavy (non-hydrogen) atoms. The first-order valence-corrected chi connectivity index (χ1v) is 10.6. The molecular weight excluding hydrogens is 445 g/mol. The predicted molar refractivity (Wildman–Crippen MR) is 117 cm³/mol.